The van der Waals surface area contributed by atoms with Gasteiger partial charge in [0.1, 0.15) is 12.1 Å². The van der Waals surface area contributed by atoms with Gasteiger partial charge in [0, 0.05) is 39.6 Å². The number of nitrogens with zero attached hydrogens (tertiary/aromatic N) is 2. The van der Waals surface area contributed by atoms with Crippen LogP contribution in [0.5, 0.6) is 17.2 Å². The summed E-state index contributed by atoms with van der Waals surface area (Å²) in [5.74, 6) is -0.680. The van der Waals surface area contributed by atoms with Gasteiger partial charge in [0.05, 0.1) is 27.3 Å². The van der Waals surface area contributed by atoms with Gasteiger partial charge in [-0.3, -0.25) is 19.2 Å². The summed E-state index contributed by atoms with van der Waals surface area (Å²) in [6, 6.07) is 11.1. The maximum Gasteiger partial charge on any atom is 0.415 e. The third-order valence-corrected chi connectivity index (χ3v) is 8.21. The van der Waals surface area contributed by atoms with Crippen molar-refractivity contribution in [2.24, 2.45) is 5.92 Å². The van der Waals surface area contributed by atoms with Crippen molar-refractivity contribution in [1.29, 1.82) is 0 Å². The molecule has 0 aromatic heterocycles. The summed E-state index contributed by atoms with van der Waals surface area (Å²) in [6.07, 6.45) is -0.133. The van der Waals surface area contributed by atoms with Gasteiger partial charge in [-0.2, -0.15) is 0 Å². The van der Waals surface area contributed by atoms with Crippen molar-refractivity contribution in [3.63, 3.8) is 0 Å². The Bertz CT molecular complexity index is 1460. The number of carbonyl (C=O) groups is 5. The number of ether oxygens (including phenoxy) is 3. The smallest absolute Gasteiger partial charge is 0.415 e. The van der Waals surface area contributed by atoms with Crippen molar-refractivity contribution in [3.8, 4) is 17.2 Å². The highest BCUT2D eigenvalue weighted by Gasteiger charge is 2.28. The van der Waals surface area contributed by atoms with Gasteiger partial charge in [0.25, 0.3) is 0 Å². The molecule has 2 unspecified atom stereocenters. The maximum atomic E-state index is 13.5. The minimum Gasteiger partial charge on any atom is -0.493 e. The van der Waals surface area contributed by atoms with Crippen LogP contribution in [0.15, 0.2) is 42.5 Å². The van der Waals surface area contributed by atoms with E-state index in [0.29, 0.717) is 17.9 Å². The molecule has 2 aromatic rings. The molecule has 0 fully saturated rings. The minimum absolute atomic E-state index is 0.0362. The standard InChI is InChI=1S/C38H58N6O8/c1-24(2)18-29(42-37(48)30(19-27-14-12-11-13-15-27)41-33(45)22-39-26(5)6)36(47)40-23-34(46)43(7)16-17-44(8)38(49)52-35-31(50-9)20-28(25(3)4)21-32(35)51-10/h11-15,20-21,24-26,29-30,39H,16-19,22-23H2,1-10H3,(H,40,47)(H,41,45)(H,42,48). The Kier molecular flexibility index (Phi) is 17.9. The first-order valence-electron chi connectivity index (χ1n) is 17.6. The Labute approximate surface area is 308 Å². The largest absolute Gasteiger partial charge is 0.493 e. The second-order valence-corrected chi connectivity index (χ2v) is 13.8. The van der Waals surface area contributed by atoms with Gasteiger partial charge in [0.15, 0.2) is 11.5 Å². The van der Waals surface area contributed by atoms with Crippen molar-refractivity contribution in [2.75, 3.05) is 54.5 Å². The molecule has 0 aliphatic carbocycles. The fourth-order valence-corrected chi connectivity index (χ4v) is 5.01. The first-order valence-corrected chi connectivity index (χ1v) is 17.6. The van der Waals surface area contributed by atoms with Gasteiger partial charge in [0.2, 0.25) is 29.4 Å². The fraction of sp³-hybridized carbons (Fsp3) is 0.553. The SMILES string of the molecule is COc1cc(C(C)C)cc(OC)c1OC(=O)N(C)CCN(C)C(=O)CNC(=O)C(CC(C)C)NC(=O)C(Cc1ccccc1)NC(=O)CNC(C)C. The van der Waals surface area contributed by atoms with E-state index in [0.717, 1.165) is 11.1 Å². The number of amides is 5. The van der Waals surface area contributed by atoms with E-state index in [9.17, 15) is 24.0 Å². The van der Waals surface area contributed by atoms with Gasteiger partial charge < -0.3 is 45.3 Å². The number of likely N-dealkylation sites (N-methyl/N-ethyl adjacent to an activating group) is 2. The molecule has 0 aliphatic heterocycles. The van der Waals surface area contributed by atoms with Crippen LogP contribution in [0.3, 0.4) is 0 Å². The lowest BCUT2D eigenvalue weighted by Gasteiger charge is -2.25. The van der Waals surface area contributed by atoms with Crippen molar-refractivity contribution in [1.82, 2.24) is 31.1 Å². The lowest BCUT2D eigenvalue weighted by atomic mass is 10.0. The lowest BCUT2D eigenvalue weighted by molar-refractivity contribution is -0.134. The number of methoxy groups -OCH3 is 2. The molecule has 288 valence electrons. The van der Waals surface area contributed by atoms with Crippen LogP contribution in [0, 0.1) is 5.92 Å². The molecule has 0 spiro atoms. The van der Waals surface area contributed by atoms with Gasteiger partial charge >= 0.3 is 6.09 Å². The molecule has 0 bridgehead atoms. The molecule has 2 rings (SSSR count). The zero-order chi connectivity index (χ0) is 39.0. The molecule has 14 heteroatoms. The van der Waals surface area contributed by atoms with Crippen LogP contribution in [-0.4, -0.2) is 112 Å². The second-order valence-electron chi connectivity index (χ2n) is 13.8. The van der Waals surface area contributed by atoms with Crippen molar-refractivity contribution < 1.29 is 38.2 Å². The van der Waals surface area contributed by atoms with Crippen LogP contribution < -0.4 is 35.5 Å². The van der Waals surface area contributed by atoms with Crippen molar-refractivity contribution >= 4 is 29.7 Å². The van der Waals surface area contributed by atoms with E-state index in [4.69, 9.17) is 14.2 Å². The summed E-state index contributed by atoms with van der Waals surface area (Å²) in [5.41, 5.74) is 1.80. The van der Waals surface area contributed by atoms with Gasteiger partial charge in [-0.15, -0.1) is 0 Å². The molecule has 0 radical (unpaired) electrons. The van der Waals surface area contributed by atoms with E-state index in [2.05, 4.69) is 21.3 Å². The van der Waals surface area contributed by atoms with Crippen molar-refractivity contribution in [2.45, 2.75) is 78.4 Å². The van der Waals surface area contributed by atoms with Gasteiger partial charge in [-0.05, 0) is 41.5 Å². The minimum atomic E-state index is -0.945. The van der Waals surface area contributed by atoms with E-state index in [1.165, 1.54) is 31.1 Å². The van der Waals surface area contributed by atoms with E-state index in [-0.39, 0.29) is 62.1 Å². The number of carbonyl (C=O) groups excluding carboxylic acids is 5. The van der Waals surface area contributed by atoms with Gasteiger partial charge in [-0.25, -0.2) is 4.79 Å². The molecular formula is C38H58N6O8. The normalized spacial score (nSPS) is 12.2. The topological polar surface area (TPSA) is 168 Å². The average Bonchev–Trinajstić information content (AvgIpc) is 3.10. The Morgan fingerprint density at radius 1 is 0.750 bits per heavy atom. The van der Waals surface area contributed by atoms with Gasteiger partial charge in [-0.1, -0.05) is 71.9 Å². The Morgan fingerprint density at radius 2 is 1.35 bits per heavy atom. The Balaban J connectivity index is 2.01. The summed E-state index contributed by atoms with van der Waals surface area (Å²) < 4.78 is 16.5. The van der Waals surface area contributed by atoms with Crippen LogP contribution in [-0.2, 0) is 25.6 Å². The van der Waals surface area contributed by atoms with Crippen molar-refractivity contribution in [3.05, 3.63) is 53.6 Å². The summed E-state index contributed by atoms with van der Waals surface area (Å²) in [5, 5.41) is 11.3. The fourth-order valence-electron chi connectivity index (χ4n) is 5.01. The number of rotatable bonds is 20. The average molecular weight is 727 g/mol. The molecule has 0 aliphatic rings. The Morgan fingerprint density at radius 3 is 1.88 bits per heavy atom. The summed E-state index contributed by atoms with van der Waals surface area (Å²) in [7, 11) is 6.06. The predicted molar refractivity (Wildman–Crippen MR) is 200 cm³/mol. The highest BCUT2D eigenvalue weighted by atomic mass is 16.6. The maximum absolute atomic E-state index is 13.5. The summed E-state index contributed by atoms with van der Waals surface area (Å²) >= 11 is 0. The molecule has 52 heavy (non-hydrogen) atoms. The van der Waals surface area contributed by atoms with E-state index >= 15 is 0 Å². The third kappa shape index (κ3) is 14.4. The first kappa shape index (κ1) is 43.3. The molecule has 0 saturated carbocycles. The zero-order valence-electron chi connectivity index (χ0n) is 32.3. The summed E-state index contributed by atoms with van der Waals surface area (Å²) in [6.45, 7) is 11.7. The van der Waals surface area contributed by atoms with Crippen LogP contribution in [0.2, 0.25) is 0 Å². The van der Waals surface area contributed by atoms with E-state index in [1.807, 2.05) is 71.9 Å². The molecule has 5 amide bonds. The quantitative estimate of drug-likeness (QED) is 0.160. The number of nitrogens with one attached hydrogen (secondary N) is 4. The molecule has 2 aromatic carbocycles. The molecular weight excluding hydrogens is 668 g/mol. The third-order valence-electron chi connectivity index (χ3n) is 8.21. The second kappa shape index (κ2) is 21.5. The van der Waals surface area contributed by atoms with Crippen LogP contribution in [0.1, 0.15) is 65.0 Å². The predicted octanol–water partition coefficient (Wildman–Crippen LogP) is 3.09. The highest BCUT2D eigenvalue weighted by Crippen LogP contribution is 2.40. The molecule has 0 heterocycles. The number of hydrogen-bond donors (Lipinski definition) is 4. The Hall–Kier alpha value is -4.85. The van der Waals surface area contributed by atoms with Crippen LogP contribution in [0.25, 0.3) is 0 Å². The molecule has 0 saturated heterocycles. The zero-order valence-corrected chi connectivity index (χ0v) is 32.3. The number of benzene rings is 2. The lowest BCUT2D eigenvalue weighted by Crippen LogP contribution is -2.56. The highest BCUT2D eigenvalue weighted by molar-refractivity contribution is 5.93. The van der Waals surface area contributed by atoms with Crippen LogP contribution >= 0.6 is 0 Å². The molecule has 2 atom stereocenters. The summed E-state index contributed by atoms with van der Waals surface area (Å²) in [4.78, 5) is 68.2. The first-order chi connectivity index (χ1) is 24.6. The number of hydrogen-bond acceptors (Lipinski definition) is 9. The molecule has 4 N–H and O–H groups in total. The van der Waals surface area contributed by atoms with E-state index < -0.39 is 35.9 Å². The monoisotopic (exact) mass is 726 g/mol. The molecule has 14 nitrogen and oxygen atoms in total. The van der Waals surface area contributed by atoms with E-state index in [1.54, 1.807) is 19.2 Å². The van der Waals surface area contributed by atoms with Crippen LogP contribution in [0.4, 0.5) is 4.79 Å².